The summed E-state index contributed by atoms with van der Waals surface area (Å²) < 4.78 is 16.4. The molecule has 3 aromatic rings. The maximum absolute atomic E-state index is 13.5. The number of amides is 3. The van der Waals surface area contributed by atoms with Gasteiger partial charge in [-0.25, -0.2) is 4.79 Å². The van der Waals surface area contributed by atoms with Crippen LogP contribution >= 0.6 is 0 Å². The van der Waals surface area contributed by atoms with Crippen molar-refractivity contribution in [3.8, 4) is 17.2 Å². The number of carbonyl (C=O) groups is 2. The second-order valence-corrected chi connectivity index (χ2v) is 8.57. The third-order valence-electron chi connectivity index (χ3n) is 6.38. The number of hydrogen-bond acceptors (Lipinski definition) is 5. The molecular formula is C28H31N3O5. The number of para-hydroxylation sites is 2. The Bertz CT molecular complexity index is 1240. The van der Waals surface area contributed by atoms with Gasteiger partial charge < -0.3 is 29.7 Å². The highest BCUT2D eigenvalue weighted by molar-refractivity contribution is 5.94. The Morgan fingerprint density at radius 1 is 0.917 bits per heavy atom. The van der Waals surface area contributed by atoms with E-state index < -0.39 is 6.04 Å². The molecule has 8 heteroatoms. The molecule has 0 radical (unpaired) electrons. The van der Waals surface area contributed by atoms with Crippen LogP contribution in [0.5, 0.6) is 17.2 Å². The van der Waals surface area contributed by atoms with E-state index in [9.17, 15) is 9.59 Å². The number of nitrogens with one attached hydrogen (secondary N) is 2. The second kappa shape index (κ2) is 11.0. The molecule has 2 N–H and O–H groups in total. The Kier molecular flexibility index (Phi) is 7.63. The molecule has 0 bridgehead atoms. The highest BCUT2D eigenvalue weighted by Crippen LogP contribution is 2.38. The first-order chi connectivity index (χ1) is 17.4. The summed E-state index contributed by atoms with van der Waals surface area (Å²) in [6.07, 6.45) is 0.636. The van der Waals surface area contributed by atoms with E-state index in [1.807, 2.05) is 43.3 Å². The first-order valence-corrected chi connectivity index (χ1v) is 11.8. The zero-order valence-corrected chi connectivity index (χ0v) is 21.0. The third-order valence-corrected chi connectivity index (χ3v) is 6.38. The normalized spacial score (nSPS) is 14.4. The molecule has 3 amide bonds. The summed E-state index contributed by atoms with van der Waals surface area (Å²) in [7, 11) is 4.73. The number of rotatable bonds is 7. The molecule has 0 aromatic heterocycles. The molecule has 0 saturated heterocycles. The minimum Gasteiger partial charge on any atom is -0.495 e. The molecule has 1 aliphatic heterocycles. The third kappa shape index (κ3) is 5.22. The molecule has 0 saturated carbocycles. The van der Waals surface area contributed by atoms with E-state index in [1.54, 1.807) is 50.5 Å². The Morgan fingerprint density at radius 3 is 2.28 bits per heavy atom. The smallest absolute Gasteiger partial charge is 0.322 e. The van der Waals surface area contributed by atoms with Crippen molar-refractivity contribution in [2.45, 2.75) is 19.4 Å². The van der Waals surface area contributed by atoms with Crippen molar-refractivity contribution in [3.63, 3.8) is 0 Å². The lowest BCUT2D eigenvalue weighted by molar-refractivity contribution is 0.0936. The Morgan fingerprint density at radius 2 is 1.58 bits per heavy atom. The van der Waals surface area contributed by atoms with E-state index in [2.05, 4.69) is 10.6 Å². The number of ether oxygens (including phenoxy) is 3. The van der Waals surface area contributed by atoms with Crippen LogP contribution in [0.4, 0.5) is 10.5 Å². The molecule has 4 rings (SSSR count). The van der Waals surface area contributed by atoms with Gasteiger partial charge in [0.15, 0.2) is 11.5 Å². The van der Waals surface area contributed by atoms with Gasteiger partial charge in [0, 0.05) is 18.7 Å². The number of anilines is 1. The monoisotopic (exact) mass is 489 g/mol. The molecule has 1 aliphatic rings. The van der Waals surface area contributed by atoms with Crippen LogP contribution in [0.3, 0.4) is 0 Å². The van der Waals surface area contributed by atoms with E-state index in [0.717, 1.165) is 16.7 Å². The number of urea groups is 1. The summed E-state index contributed by atoms with van der Waals surface area (Å²) in [4.78, 5) is 28.1. The number of aryl methyl sites for hydroxylation is 1. The molecular weight excluding hydrogens is 458 g/mol. The van der Waals surface area contributed by atoms with E-state index in [-0.39, 0.29) is 18.5 Å². The van der Waals surface area contributed by atoms with Crippen LogP contribution in [-0.2, 0) is 6.42 Å². The topological polar surface area (TPSA) is 89.1 Å². The lowest BCUT2D eigenvalue weighted by atomic mass is 9.91. The summed E-state index contributed by atoms with van der Waals surface area (Å²) in [5.41, 5.74) is 4.16. The van der Waals surface area contributed by atoms with Crippen molar-refractivity contribution in [3.05, 3.63) is 82.9 Å². The molecule has 0 spiro atoms. The Labute approximate surface area is 211 Å². The Hall–Kier alpha value is -4.20. The fraction of sp³-hybridized carbons (Fsp3) is 0.286. The first-order valence-electron chi connectivity index (χ1n) is 11.8. The quantitative estimate of drug-likeness (QED) is 0.507. The molecule has 0 fully saturated rings. The van der Waals surface area contributed by atoms with Crippen LogP contribution in [0.15, 0.2) is 60.7 Å². The first kappa shape index (κ1) is 24.9. The maximum atomic E-state index is 13.5. The van der Waals surface area contributed by atoms with Gasteiger partial charge >= 0.3 is 6.03 Å². The Balaban J connectivity index is 1.64. The van der Waals surface area contributed by atoms with Gasteiger partial charge in [-0.15, -0.1) is 0 Å². The van der Waals surface area contributed by atoms with Crippen LogP contribution < -0.4 is 24.8 Å². The molecule has 1 unspecified atom stereocenters. The minimum absolute atomic E-state index is 0.201. The number of methoxy groups -OCH3 is 3. The van der Waals surface area contributed by atoms with Gasteiger partial charge in [0.05, 0.1) is 33.1 Å². The van der Waals surface area contributed by atoms with Gasteiger partial charge in [-0.05, 0) is 60.9 Å². The van der Waals surface area contributed by atoms with E-state index >= 15 is 0 Å². The zero-order valence-electron chi connectivity index (χ0n) is 21.0. The highest BCUT2D eigenvalue weighted by atomic mass is 16.5. The summed E-state index contributed by atoms with van der Waals surface area (Å²) in [5.74, 6) is 1.57. The second-order valence-electron chi connectivity index (χ2n) is 8.57. The van der Waals surface area contributed by atoms with Gasteiger partial charge in [-0.2, -0.15) is 0 Å². The summed E-state index contributed by atoms with van der Waals surface area (Å²) in [6, 6.07) is 17.8. The van der Waals surface area contributed by atoms with Crippen molar-refractivity contribution in [2.75, 3.05) is 39.7 Å². The zero-order chi connectivity index (χ0) is 25.7. The van der Waals surface area contributed by atoms with Gasteiger partial charge in [-0.1, -0.05) is 29.8 Å². The van der Waals surface area contributed by atoms with Crippen molar-refractivity contribution >= 4 is 17.6 Å². The van der Waals surface area contributed by atoms with Crippen molar-refractivity contribution in [2.24, 2.45) is 0 Å². The molecule has 36 heavy (non-hydrogen) atoms. The number of fused-ring (bicyclic) bond motifs is 1. The fourth-order valence-electron chi connectivity index (χ4n) is 4.42. The van der Waals surface area contributed by atoms with Gasteiger partial charge in [-0.3, -0.25) is 4.79 Å². The summed E-state index contributed by atoms with van der Waals surface area (Å²) in [5, 5.41) is 5.97. The molecule has 3 aromatic carbocycles. The highest BCUT2D eigenvalue weighted by Gasteiger charge is 2.33. The standard InChI is InChI=1S/C28H31N3O5/c1-18-9-11-19(12-10-18)27(32)29-17-23-21-16-26(36-4)25(35-3)15-20(21)13-14-31(23)28(33)30-22-7-5-6-8-24(22)34-2/h5-12,15-16,23H,13-14,17H2,1-4H3,(H,29,32)(H,30,33). The number of nitrogens with zero attached hydrogens (tertiary/aromatic N) is 1. The van der Waals surface area contributed by atoms with E-state index in [0.29, 0.717) is 41.5 Å². The molecule has 188 valence electrons. The molecule has 8 nitrogen and oxygen atoms in total. The minimum atomic E-state index is -0.419. The lowest BCUT2D eigenvalue weighted by Gasteiger charge is -2.38. The number of hydrogen-bond donors (Lipinski definition) is 2. The van der Waals surface area contributed by atoms with Gasteiger partial charge in [0.1, 0.15) is 5.75 Å². The molecule has 0 aliphatic carbocycles. The van der Waals surface area contributed by atoms with E-state index in [1.165, 1.54) is 0 Å². The van der Waals surface area contributed by atoms with Crippen LogP contribution in [0.25, 0.3) is 0 Å². The summed E-state index contributed by atoms with van der Waals surface area (Å²) in [6.45, 7) is 2.67. The van der Waals surface area contributed by atoms with Crippen molar-refractivity contribution in [1.29, 1.82) is 0 Å². The van der Waals surface area contributed by atoms with Crippen LogP contribution in [0.2, 0.25) is 0 Å². The fourth-order valence-corrected chi connectivity index (χ4v) is 4.42. The van der Waals surface area contributed by atoms with E-state index in [4.69, 9.17) is 14.2 Å². The predicted octanol–water partition coefficient (Wildman–Crippen LogP) is 4.58. The largest absolute Gasteiger partial charge is 0.495 e. The summed E-state index contributed by atoms with van der Waals surface area (Å²) >= 11 is 0. The average Bonchev–Trinajstić information content (AvgIpc) is 2.91. The SMILES string of the molecule is COc1ccccc1NC(=O)N1CCc2cc(OC)c(OC)cc2C1CNC(=O)c1ccc(C)cc1. The van der Waals surface area contributed by atoms with Gasteiger partial charge in [0.25, 0.3) is 5.91 Å². The number of carbonyl (C=O) groups excluding carboxylic acids is 2. The maximum Gasteiger partial charge on any atom is 0.322 e. The lowest BCUT2D eigenvalue weighted by Crippen LogP contribution is -2.47. The average molecular weight is 490 g/mol. The van der Waals surface area contributed by atoms with Crippen LogP contribution in [0.1, 0.15) is 33.1 Å². The molecule has 1 heterocycles. The van der Waals surface area contributed by atoms with Crippen LogP contribution in [0, 0.1) is 6.92 Å². The predicted molar refractivity (Wildman–Crippen MR) is 138 cm³/mol. The van der Waals surface area contributed by atoms with Crippen molar-refractivity contribution < 1.29 is 23.8 Å². The number of benzene rings is 3. The van der Waals surface area contributed by atoms with Crippen LogP contribution in [-0.4, -0.2) is 51.3 Å². The van der Waals surface area contributed by atoms with Gasteiger partial charge in [0.2, 0.25) is 0 Å². The molecule has 1 atom stereocenters. The van der Waals surface area contributed by atoms with Crippen molar-refractivity contribution in [1.82, 2.24) is 10.2 Å².